The molecule has 6 heteroatoms. The molecule has 1 aromatic carbocycles. The summed E-state index contributed by atoms with van der Waals surface area (Å²) in [5.41, 5.74) is 0.381. The van der Waals surface area contributed by atoms with Gasteiger partial charge in [0.2, 0.25) is 0 Å². The minimum atomic E-state index is -4.32. The van der Waals surface area contributed by atoms with Crippen molar-refractivity contribution in [1.82, 2.24) is 4.90 Å². The van der Waals surface area contributed by atoms with Gasteiger partial charge in [0, 0.05) is 5.56 Å². The molecule has 21 heavy (non-hydrogen) atoms. The van der Waals surface area contributed by atoms with Crippen LogP contribution in [0.2, 0.25) is 0 Å². The van der Waals surface area contributed by atoms with Crippen LogP contribution in [0.1, 0.15) is 30.6 Å². The summed E-state index contributed by atoms with van der Waals surface area (Å²) in [5, 5.41) is 0. The highest BCUT2D eigenvalue weighted by Gasteiger charge is 2.34. The minimum Gasteiger partial charge on any atom is -0.497 e. The van der Waals surface area contributed by atoms with Gasteiger partial charge in [-0.2, -0.15) is 13.2 Å². The number of carbonyl (C=O) groups is 1. The molecule has 3 nitrogen and oxygen atoms in total. The summed E-state index contributed by atoms with van der Waals surface area (Å²) in [7, 11) is 1.51. The van der Waals surface area contributed by atoms with Crippen LogP contribution in [-0.4, -0.2) is 43.1 Å². The average molecular weight is 303 g/mol. The molecular weight excluding hydrogens is 283 g/mol. The van der Waals surface area contributed by atoms with Crippen LogP contribution in [0.3, 0.4) is 0 Å². The highest BCUT2D eigenvalue weighted by molar-refractivity contribution is 5.99. The van der Waals surface area contributed by atoms with Crippen LogP contribution in [0, 0.1) is 0 Å². The first-order chi connectivity index (χ1) is 9.78. The molecule has 0 fully saturated rings. The lowest BCUT2D eigenvalue weighted by Crippen LogP contribution is -2.44. The number of halogens is 3. The van der Waals surface area contributed by atoms with Gasteiger partial charge in [-0.25, -0.2) is 0 Å². The molecule has 1 aromatic rings. The topological polar surface area (TPSA) is 29.5 Å². The molecule has 0 bridgehead atoms. The molecule has 118 valence electrons. The van der Waals surface area contributed by atoms with Gasteiger partial charge in [0.1, 0.15) is 5.75 Å². The van der Waals surface area contributed by atoms with Gasteiger partial charge in [0.25, 0.3) is 0 Å². The van der Waals surface area contributed by atoms with Gasteiger partial charge in [0.05, 0.1) is 19.7 Å². The molecule has 1 unspecified atom stereocenters. The van der Waals surface area contributed by atoms with Crippen molar-refractivity contribution in [3.05, 3.63) is 29.8 Å². The molecule has 0 aliphatic rings. The number of nitrogens with zero attached hydrogens (tertiary/aromatic N) is 1. The van der Waals surface area contributed by atoms with Crippen LogP contribution >= 0.6 is 0 Å². The van der Waals surface area contributed by atoms with E-state index in [2.05, 4.69) is 0 Å². The molecule has 0 amide bonds. The molecule has 0 radical (unpaired) electrons. The zero-order valence-corrected chi connectivity index (χ0v) is 12.4. The second-order valence-corrected chi connectivity index (χ2v) is 4.85. The van der Waals surface area contributed by atoms with Crippen LogP contribution < -0.4 is 4.74 Å². The van der Waals surface area contributed by atoms with E-state index in [1.165, 1.54) is 14.0 Å². The summed E-state index contributed by atoms with van der Waals surface area (Å²) in [6.07, 6.45) is -3.76. The van der Waals surface area contributed by atoms with E-state index in [4.69, 9.17) is 4.74 Å². The first-order valence-corrected chi connectivity index (χ1v) is 6.77. The number of benzene rings is 1. The second-order valence-electron chi connectivity index (χ2n) is 4.85. The van der Waals surface area contributed by atoms with Gasteiger partial charge in [-0.15, -0.1) is 0 Å². The minimum absolute atomic E-state index is 0.225. The summed E-state index contributed by atoms with van der Waals surface area (Å²) >= 11 is 0. The summed E-state index contributed by atoms with van der Waals surface area (Å²) in [4.78, 5) is 13.5. The van der Waals surface area contributed by atoms with Crippen molar-refractivity contribution in [2.75, 3.05) is 20.2 Å². The maximum absolute atomic E-state index is 12.6. The molecule has 0 N–H and O–H groups in total. The summed E-state index contributed by atoms with van der Waals surface area (Å²) in [6.45, 7) is 2.44. The third kappa shape index (κ3) is 5.38. The molecule has 0 aliphatic carbocycles. The summed E-state index contributed by atoms with van der Waals surface area (Å²) in [5.74, 6) is 0.273. The van der Waals surface area contributed by atoms with Crippen molar-refractivity contribution in [2.24, 2.45) is 0 Å². The number of ketones is 1. The van der Waals surface area contributed by atoms with Crippen LogP contribution in [0.25, 0.3) is 0 Å². The Morgan fingerprint density at radius 1 is 1.29 bits per heavy atom. The third-order valence-electron chi connectivity index (χ3n) is 3.19. The van der Waals surface area contributed by atoms with E-state index in [0.717, 1.165) is 4.90 Å². The molecule has 0 aliphatic heterocycles. The van der Waals surface area contributed by atoms with E-state index in [1.807, 2.05) is 0 Å². The van der Waals surface area contributed by atoms with Crippen LogP contribution in [0.5, 0.6) is 5.75 Å². The number of hydrogen-bond acceptors (Lipinski definition) is 3. The normalized spacial score (nSPS) is 13.3. The van der Waals surface area contributed by atoms with Crippen molar-refractivity contribution in [3.63, 3.8) is 0 Å². The Morgan fingerprint density at radius 2 is 1.86 bits per heavy atom. The van der Waals surface area contributed by atoms with Crippen LogP contribution in [0.15, 0.2) is 24.3 Å². The second kappa shape index (κ2) is 7.45. The predicted octanol–water partition coefficient (Wildman–Crippen LogP) is 3.54. The molecule has 0 aromatic heterocycles. The average Bonchev–Trinajstić information content (AvgIpc) is 2.44. The van der Waals surface area contributed by atoms with Crippen molar-refractivity contribution in [2.45, 2.75) is 32.5 Å². The van der Waals surface area contributed by atoms with Crippen LogP contribution in [0.4, 0.5) is 13.2 Å². The van der Waals surface area contributed by atoms with E-state index >= 15 is 0 Å². The largest absolute Gasteiger partial charge is 0.497 e. The van der Waals surface area contributed by atoms with Gasteiger partial charge in [-0.05, 0) is 44.2 Å². The molecule has 0 spiro atoms. The lowest BCUT2D eigenvalue weighted by molar-refractivity contribution is -0.148. The fourth-order valence-corrected chi connectivity index (χ4v) is 2.09. The fraction of sp³-hybridized carbons (Fsp3) is 0.533. The van der Waals surface area contributed by atoms with E-state index in [0.29, 0.717) is 17.7 Å². The Balaban J connectivity index is 2.85. The molecule has 0 saturated carbocycles. The smallest absolute Gasteiger partial charge is 0.401 e. The van der Waals surface area contributed by atoms with Gasteiger partial charge >= 0.3 is 6.18 Å². The Hall–Kier alpha value is -1.56. The molecule has 1 atom stereocenters. The molecule has 0 heterocycles. The fourth-order valence-electron chi connectivity index (χ4n) is 2.09. The maximum Gasteiger partial charge on any atom is 0.401 e. The number of ether oxygens (including phenoxy) is 1. The Bertz CT molecular complexity index is 457. The molecular formula is C15H20F3NO2. The molecule has 1 rings (SSSR count). The van der Waals surface area contributed by atoms with E-state index in [9.17, 15) is 18.0 Å². The predicted molar refractivity (Wildman–Crippen MR) is 74.7 cm³/mol. The summed E-state index contributed by atoms with van der Waals surface area (Å²) in [6, 6.07) is 5.55. The number of methoxy groups -OCH3 is 1. The third-order valence-corrected chi connectivity index (χ3v) is 3.19. The Labute approximate surface area is 122 Å². The Morgan fingerprint density at radius 3 is 2.29 bits per heavy atom. The summed E-state index contributed by atoms with van der Waals surface area (Å²) < 4.78 is 42.7. The lowest BCUT2D eigenvalue weighted by Gasteiger charge is -2.28. The van der Waals surface area contributed by atoms with Gasteiger partial charge < -0.3 is 4.74 Å². The highest BCUT2D eigenvalue weighted by Crippen LogP contribution is 2.20. The Kier molecular flexibility index (Phi) is 6.20. The number of carbonyl (C=O) groups excluding carboxylic acids is 1. The zero-order chi connectivity index (χ0) is 16.0. The van der Waals surface area contributed by atoms with E-state index < -0.39 is 18.8 Å². The van der Waals surface area contributed by atoms with Crippen molar-refractivity contribution in [3.8, 4) is 5.75 Å². The van der Waals surface area contributed by atoms with E-state index in [1.54, 1.807) is 31.2 Å². The monoisotopic (exact) mass is 303 g/mol. The standard InChI is InChI=1S/C15H20F3NO2/c1-4-9-19(10-15(16,17)18)11(2)14(20)12-5-7-13(21-3)8-6-12/h5-8,11H,4,9-10H2,1-3H3. The van der Waals surface area contributed by atoms with Gasteiger partial charge in [0.15, 0.2) is 5.78 Å². The van der Waals surface area contributed by atoms with Crippen molar-refractivity contribution >= 4 is 5.78 Å². The number of alkyl halides is 3. The van der Waals surface area contributed by atoms with Gasteiger partial charge in [-0.1, -0.05) is 6.92 Å². The first-order valence-electron chi connectivity index (χ1n) is 6.77. The number of Topliss-reactive ketones (excluding diaryl/α,β-unsaturated/α-hetero) is 1. The zero-order valence-electron chi connectivity index (χ0n) is 12.4. The number of rotatable bonds is 7. The van der Waals surface area contributed by atoms with Crippen molar-refractivity contribution < 1.29 is 22.7 Å². The first kappa shape index (κ1) is 17.5. The van der Waals surface area contributed by atoms with Gasteiger partial charge in [-0.3, -0.25) is 9.69 Å². The maximum atomic E-state index is 12.6. The van der Waals surface area contributed by atoms with Crippen molar-refractivity contribution in [1.29, 1.82) is 0 Å². The SMILES string of the molecule is CCCN(CC(F)(F)F)C(C)C(=O)c1ccc(OC)cc1. The molecule has 0 saturated heterocycles. The quantitative estimate of drug-likeness (QED) is 0.722. The van der Waals surface area contributed by atoms with Crippen LogP contribution in [-0.2, 0) is 0 Å². The number of hydrogen-bond donors (Lipinski definition) is 0. The van der Waals surface area contributed by atoms with E-state index in [-0.39, 0.29) is 12.3 Å². The highest BCUT2D eigenvalue weighted by atomic mass is 19.4. The lowest BCUT2D eigenvalue weighted by atomic mass is 10.0.